The molecule has 1 unspecified atom stereocenters. The first kappa shape index (κ1) is 23.0. The third-order valence-electron chi connectivity index (χ3n) is 5.91. The van der Waals surface area contributed by atoms with Gasteiger partial charge in [0.2, 0.25) is 5.91 Å². The number of carbonyl (C=O) groups excluding carboxylic acids is 2. The van der Waals surface area contributed by atoms with Gasteiger partial charge in [-0.25, -0.2) is 9.07 Å². The summed E-state index contributed by atoms with van der Waals surface area (Å²) < 4.78 is 15.0. The summed E-state index contributed by atoms with van der Waals surface area (Å²) in [6.45, 7) is 5.92. The summed E-state index contributed by atoms with van der Waals surface area (Å²) >= 11 is 0. The van der Waals surface area contributed by atoms with Gasteiger partial charge in [-0.1, -0.05) is 33.1 Å². The van der Waals surface area contributed by atoms with E-state index in [1.807, 2.05) is 6.92 Å². The average molecular weight is 429 g/mol. The van der Waals surface area contributed by atoms with E-state index >= 15 is 0 Å². The SMILES string of the molecule is CCCCCCNC(=O)C1CCCN(C(=O)c2cnn(-c3ccc(F)cc3)c2CC)C1. The summed E-state index contributed by atoms with van der Waals surface area (Å²) in [6, 6.07) is 6.07. The molecule has 7 heteroatoms. The fourth-order valence-electron chi connectivity index (χ4n) is 4.15. The van der Waals surface area contributed by atoms with Crippen LogP contribution in [0.15, 0.2) is 30.5 Å². The Labute approximate surface area is 183 Å². The number of rotatable bonds is 9. The zero-order valence-electron chi connectivity index (χ0n) is 18.6. The highest BCUT2D eigenvalue weighted by atomic mass is 19.1. The van der Waals surface area contributed by atoms with Crippen LogP contribution < -0.4 is 5.32 Å². The Morgan fingerprint density at radius 1 is 1.16 bits per heavy atom. The minimum Gasteiger partial charge on any atom is -0.356 e. The second-order valence-corrected chi connectivity index (χ2v) is 8.19. The van der Waals surface area contributed by atoms with Crippen LogP contribution >= 0.6 is 0 Å². The van der Waals surface area contributed by atoms with Gasteiger partial charge in [-0.05, 0) is 49.9 Å². The molecule has 0 bridgehead atoms. The zero-order valence-corrected chi connectivity index (χ0v) is 18.6. The van der Waals surface area contributed by atoms with E-state index in [4.69, 9.17) is 0 Å². The van der Waals surface area contributed by atoms with Gasteiger partial charge in [-0.2, -0.15) is 5.10 Å². The Bertz CT molecular complexity index is 878. The Kier molecular flexibility index (Phi) is 8.20. The summed E-state index contributed by atoms with van der Waals surface area (Å²) in [6.07, 6.45) is 8.31. The van der Waals surface area contributed by atoms with E-state index in [9.17, 15) is 14.0 Å². The van der Waals surface area contributed by atoms with Crippen molar-refractivity contribution < 1.29 is 14.0 Å². The van der Waals surface area contributed by atoms with Crippen molar-refractivity contribution in [3.8, 4) is 5.69 Å². The fourth-order valence-corrected chi connectivity index (χ4v) is 4.15. The maximum atomic E-state index is 13.3. The highest BCUT2D eigenvalue weighted by molar-refractivity contribution is 5.95. The van der Waals surface area contributed by atoms with Crippen molar-refractivity contribution in [3.63, 3.8) is 0 Å². The van der Waals surface area contributed by atoms with Gasteiger partial charge in [0, 0.05) is 19.6 Å². The molecule has 1 aliphatic rings. The van der Waals surface area contributed by atoms with Gasteiger partial charge in [0.15, 0.2) is 0 Å². The second-order valence-electron chi connectivity index (χ2n) is 8.19. The van der Waals surface area contributed by atoms with E-state index in [1.165, 1.54) is 25.0 Å². The summed E-state index contributed by atoms with van der Waals surface area (Å²) in [5, 5.41) is 7.43. The van der Waals surface area contributed by atoms with Gasteiger partial charge in [0.25, 0.3) is 5.91 Å². The normalized spacial score (nSPS) is 16.4. The number of benzene rings is 1. The third-order valence-corrected chi connectivity index (χ3v) is 5.91. The molecule has 1 saturated heterocycles. The van der Waals surface area contributed by atoms with E-state index in [0.717, 1.165) is 37.1 Å². The van der Waals surface area contributed by atoms with Gasteiger partial charge in [-0.15, -0.1) is 0 Å². The molecule has 1 aliphatic heterocycles. The summed E-state index contributed by atoms with van der Waals surface area (Å²) in [5.41, 5.74) is 2.06. The minimum atomic E-state index is -0.312. The van der Waals surface area contributed by atoms with Crippen LogP contribution in [-0.4, -0.2) is 46.1 Å². The molecule has 3 rings (SSSR count). The van der Waals surface area contributed by atoms with Crippen molar-refractivity contribution in [2.45, 2.75) is 58.8 Å². The Balaban J connectivity index is 1.65. The van der Waals surface area contributed by atoms with E-state index in [2.05, 4.69) is 17.3 Å². The van der Waals surface area contributed by atoms with Gasteiger partial charge in [0.05, 0.1) is 29.1 Å². The lowest BCUT2D eigenvalue weighted by Gasteiger charge is -2.32. The summed E-state index contributed by atoms with van der Waals surface area (Å²) in [5.74, 6) is -0.522. The monoisotopic (exact) mass is 428 g/mol. The number of nitrogens with zero attached hydrogens (tertiary/aromatic N) is 3. The lowest BCUT2D eigenvalue weighted by Crippen LogP contribution is -2.45. The number of aromatic nitrogens is 2. The highest BCUT2D eigenvalue weighted by Gasteiger charge is 2.30. The second kappa shape index (κ2) is 11.1. The fraction of sp³-hybridized carbons (Fsp3) is 0.542. The van der Waals surface area contributed by atoms with Crippen LogP contribution in [-0.2, 0) is 11.2 Å². The van der Waals surface area contributed by atoms with E-state index in [1.54, 1.807) is 27.9 Å². The van der Waals surface area contributed by atoms with Crippen molar-refractivity contribution >= 4 is 11.8 Å². The molecular weight excluding hydrogens is 395 g/mol. The van der Waals surface area contributed by atoms with Crippen LogP contribution in [0.2, 0.25) is 0 Å². The van der Waals surface area contributed by atoms with Gasteiger partial charge in [-0.3, -0.25) is 9.59 Å². The van der Waals surface area contributed by atoms with E-state index in [-0.39, 0.29) is 23.5 Å². The van der Waals surface area contributed by atoms with E-state index in [0.29, 0.717) is 31.6 Å². The van der Waals surface area contributed by atoms with Crippen molar-refractivity contribution in [2.24, 2.45) is 5.92 Å². The Morgan fingerprint density at radius 2 is 1.94 bits per heavy atom. The smallest absolute Gasteiger partial charge is 0.257 e. The van der Waals surface area contributed by atoms with Crippen LogP contribution in [0.1, 0.15) is 68.4 Å². The van der Waals surface area contributed by atoms with Gasteiger partial charge < -0.3 is 10.2 Å². The molecule has 0 saturated carbocycles. The lowest BCUT2D eigenvalue weighted by atomic mass is 9.96. The molecule has 1 atom stereocenters. The molecule has 1 aromatic carbocycles. The van der Waals surface area contributed by atoms with Crippen molar-refractivity contribution in [1.29, 1.82) is 0 Å². The average Bonchev–Trinajstić information content (AvgIpc) is 3.23. The van der Waals surface area contributed by atoms with Crippen molar-refractivity contribution in [2.75, 3.05) is 19.6 Å². The standard InChI is InChI=1S/C24H33FN4O2/c1-3-5-6-7-14-26-23(30)18-9-8-15-28(17-18)24(31)21-16-27-29(22(21)4-2)20-12-10-19(25)11-13-20/h10-13,16,18H,3-9,14-15,17H2,1-2H3,(H,26,30). The van der Waals surface area contributed by atoms with Crippen LogP contribution in [0.4, 0.5) is 4.39 Å². The van der Waals surface area contributed by atoms with Gasteiger partial charge in [0.1, 0.15) is 5.82 Å². The number of carbonyl (C=O) groups is 2. The third kappa shape index (κ3) is 5.71. The minimum absolute atomic E-state index is 0.0479. The first-order chi connectivity index (χ1) is 15.0. The molecule has 0 aliphatic carbocycles. The predicted molar refractivity (Wildman–Crippen MR) is 119 cm³/mol. The van der Waals surface area contributed by atoms with Gasteiger partial charge >= 0.3 is 0 Å². The van der Waals surface area contributed by atoms with Crippen molar-refractivity contribution in [3.05, 3.63) is 47.5 Å². The number of nitrogens with one attached hydrogen (secondary N) is 1. The predicted octanol–water partition coefficient (Wildman–Crippen LogP) is 4.12. The van der Waals surface area contributed by atoms with Crippen LogP contribution in [0.3, 0.4) is 0 Å². The maximum absolute atomic E-state index is 13.3. The van der Waals surface area contributed by atoms with Crippen molar-refractivity contribution in [1.82, 2.24) is 20.0 Å². The quantitative estimate of drug-likeness (QED) is 0.611. The largest absolute Gasteiger partial charge is 0.356 e. The number of hydrogen-bond donors (Lipinski definition) is 1. The molecule has 0 radical (unpaired) electrons. The topological polar surface area (TPSA) is 67.2 Å². The number of piperidine rings is 1. The van der Waals surface area contributed by atoms with Crippen LogP contribution in [0, 0.1) is 11.7 Å². The number of unbranched alkanes of at least 4 members (excludes halogenated alkanes) is 3. The Morgan fingerprint density at radius 3 is 2.65 bits per heavy atom. The molecule has 168 valence electrons. The molecular formula is C24H33FN4O2. The molecule has 1 aromatic heterocycles. The molecule has 2 amide bonds. The first-order valence-corrected chi connectivity index (χ1v) is 11.4. The molecule has 2 aromatic rings. The molecule has 6 nitrogen and oxygen atoms in total. The Hall–Kier alpha value is -2.70. The van der Waals surface area contributed by atoms with Crippen LogP contribution in [0.25, 0.3) is 5.69 Å². The maximum Gasteiger partial charge on any atom is 0.257 e. The molecule has 31 heavy (non-hydrogen) atoms. The van der Waals surface area contributed by atoms with Crippen LogP contribution in [0.5, 0.6) is 0 Å². The lowest BCUT2D eigenvalue weighted by molar-refractivity contribution is -0.126. The number of likely N-dealkylation sites (tertiary alicyclic amines) is 1. The molecule has 0 spiro atoms. The summed E-state index contributed by atoms with van der Waals surface area (Å²) in [4.78, 5) is 27.6. The zero-order chi connectivity index (χ0) is 22.2. The first-order valence-electron chi connectivity index (χ1n) is 11.4. The number of amides is 2. The molecule has 1 N–H and O–H groups in total. The number of halogens is 1. The molecule has 2 heterocycles. The highest BCUT2D eigenvalue weighted by Crippen LogP contribution is 2.22. The number of hydrogen-bond acceptors (Lipinski definition) is 3. The van der Waals surface area contributed by atoms with E-state index < -0.39 is 0 Å². The molecule has 1 fully saturated rings. The summed E-state index contributed by atoms with van der Waals surface area (Å²) in [7, 11) is 0.